The average Bonchev–Trinajstić information content (AvgIpc) is 2.89. The maximum absolute atomic E-state index is 12.1. The number of amides is 2. The van der Waals surface area contributed by atoms with E-state index in [0.29, 0.717) is 19.6 Å². The van der Waals surface area contributed by atoms with E-state index in [2.05, 4.69) is 11.9 Å². The molecule has 0 aromatic carbocycles. The molecule has 0 aromatic heterocycles. The van der Waals surface area contributed by atoms with Crippen LogP contribution < -0.4 is 5.32 Å². The van der Waals surface area contributed by atoms with Gasteiger partial charge in [0, 0.05) is 19.7 Å². The summed E-state index contributed by atoms with van der Waals surface area (Å²) in [5, 5.41) is 11.8. The zero-order valence-corrected chi connectivity index (χ0v) is 10.9. The second-order valence-electron chi connectivity index (χ2n) is 5.04. The number of ether oxygens (including phenoxy) is 1. The maximum Gasteiger partial charge on any atom is 0.317 e. The molecule has 19 heavy (non-hydrogen) atoms. The molecule has 106 valence electrons. The number of carbonyl (C=O) groups excluding carboxylic acids is 1. The summed E-state index contributed by atoms with van der Waals surface area (Å²) in [4.78, 5) is 24.5. The first kappa shape index (κ1) is 13.9. The minimum Gasteiger partial charge on any atom is -0.481 e. The number of urea groups is 1. The van der Waals surface area contributed by atoms with Crippen molar-refractivity contribution in [1.82, 2.24) is 10.2 Å². The van der Waals surface area contributed by atoms with Gasteiger partial charge in [-0.1, -0.05) is 6.08 Å². The zero-order chi connectivity index (χ0) is 13.8. The van der Waals surface area contributed by atoms with Crippen LogP contribution in [0.2, 0.25) is 0 Å². The minimum atomic E-state index is -0.833. The van der Waals surface area contributed by atoms with Gasteiger partial charge in [-0.05, 0) is 19.3 Å². The Morgan fingerprint density at radius 3 is 2.84 bits per heavy atom. The van der Waals surface area contributed by atoms with Crippen LogP contribution in [0.25, 0.3) is 0 Å². The van der Waals surface area contributed by atoms with Crippen LogP contribution in [0.5, 0.6) is 0 Å². The van der Waals surface area contributed by atoms with Crippen LogP contribution in [-0.4, -0.2) is 53.8 Å². The second-order valence-corrected chi connectivity index (χ2v) is 5.04. The largest absolute Gasteiger partial charge is 0.481 e. The standard InChI is InChI=1S/C13H20N2O4/c1-2-11-10(4-3-7-19-11)14-13(18)15-6-5-9(8-15)12(16)17/h2,9-11H,1,3-8H2,(H,14,18)(H,16,17)/t9?,10-,11+/m1/s1. The summed E-state index contributed by atoms with van der Waals surface area (Å²) in [6, 6.07) is -0.270. The third-order valence-electron chi connectivity index (χ3n) is 3.73. The lowest BCUT2D eigenvalue weighted by molar-refractivity contribution is -0.141. The molecule has 2 aliphatic heterocycles. The molecule has 0 saturated carbocycles. The maximum atomic E-state index is 12.1. The van der Waals surface area contributed by atoms with E-state index >= 15 is 0 Å². The molecule has 0 bridgehead atoms. The number of nitrogens with zero attached hydrogens (tertiary/aromatic N) is 1. The third kappa shape index (κ3) is 3.26. The number of likely N-dealkylation sites (tertiary alicyclic amines) is 1. The highest BCUT2D eigenvalue weighted by Gasteiger charge is 2.33. The van der Waals surface area contributed by atoms with E-state index < -0.39 is 11.9 Å². The molecule has 2 fully saturated rings. The highest BCUT2D eigenvalue weighted by molar-refractivity contribution is 5.77. The van der Waals surface area contributed by atoms with Crippen molar-refractivity contribution < 1.29 is 19.4 Å². The van der Waals surface area contributed by atoms with E-state index in [0.717, 1.165) is 12.8 Å². The minimum absolute atomic E-state index is 0.0670. The van der Waals surface area contributed by atoms with Gasteiger partial charge in [0.25, 0.3) is 0 Å². The van der Waals surface area contributed by atoms with Gasteiger partial charge in [-0.15, -0.1) is 6.58 Å². The predicted molar refractivity (Wildman–Crippen MR) is 68.8 cm³/mol. The van der Waals surface area contributed by atoms with Crippen molar-refractivity contribution in [1.29, 1.82) is 0 Å². The molecule has 3 atom stereocenters. The Hall–Kier alpha value is -1.56. The number of carboxylic acid groups (broad SMARTS) is 1. The normalized spacial score (nSPS) is 30.9. The first-order chi connectivity index (χ1) is 9.11. The van der Waals surface area contributed by atoms with E-state index in [-0.39, 0.29) is 24.7 Å². The molecule has 0 aromatic rings. The van der Waals surface area contributed by atoms with Crippen LogP contribution in [0.3, 0.4) is 0 Å². The number of carbonyl (C=O) groups is 2. The Morgan fingerprint density at radius 1 is 1.42 bits per heavy atom. The predicted octanol–water partition coefficient (Wildman–Crippen LogP) is 0.836. The molecule has 1 unspecified atom stereocenters. The lowest BCUT2D eigenvalue weighted by Gasteiger charge is -2.31. The summed E-state index contributed by atoms with van der Waals surface area (Å²) in [6.45, 7) is 5.18. The number of hydrogen-bond donors (Lipinski definition) is 2. The van der Waals surface area contributed by atoms with Gasteiger partial charge in [-0.3, -0.25) is 4.79 Å². The first-order valence-electron chi connectivity index (χ1n) is 6.64. The third-order valence-corrected chi connectivity index (χ3v) is 3.73. The number of hydrogen-bond acceptors (Lipinski definition) is 3. The Bertz CT molecular complexity index is 372. The number of carboxylic acids is 1. The van der Waals surface area contributed by atoms with E-state index in [1.807, 2.05) is 0 Å². The van der Waals surface area contributed by atoms with E-state index in [1.54, 1.807) is 11.0 Å². The fourth-order valence-corrected chi connectivity index (χ4v) is 2.59. The topological polar surface area (TPSA) is 78.9 Å². The average molecular weight is 268 g/mol. The van der Waals surface area contributed by atoms with Crippen molar-refractivity contribution in [2.24, 2.45) is 5.92 Å². The van der Waals surface area contributed by atoms with Crippen LogP contribution in [0.1, 0.15) is 19.3 Å². The van der Waals surface area contributed by atoms with Crippen molar-refractivity contribution >= 4 is 12.0 Å². The van der Waals surface area contributed by atoms with Gasteiger partial charge in [-0.25, -0.2) is 4.79 Å². The molecule has 2 heterocycles. The molecule has 0 aliphatic carbocycles. The lowest BCUT2D eigenvalue weighted by Crippen LogP contribution is -2.50. The Morgan fingerprint density at radius 2 is 2.21 bits per heavy atom. The van der Waals surface area contributed by atoms with E-state index in [4.69, 9.17) is 9.84 Å². The highest BCUT2D eigenvalue weighted by Crippen LogP contribution is 2.18. The van der Waals surface area contributed by atoms with E-state index in [9.17, 15) is 9.59 Å². The highest BCUT2D eigenvalue weighted by atomic mass is 16.5. The lowest BCUT2D eigenvalue weighted by atomic mass is 10.0. The van der Waals surface area contributed by atoms with Crippen LogP contribution in [0.4, 0.5) is 4.79 Å². The van der Waals surface area contributed by atoms with Crippen LogP contribution in [0.15, 0.2) is 12.7 Å². The van der Waals surface area contributed by atoms with Crippen molar-refractivity contribution in [3.05, 3.63) is 12.7 Å². The van der Waals surface area contributed by atoms with Gasteiger partial charge >= 0.3 is 12.0 Å². The summed E-state index contributed by atoms with van der Waals surface area (Å²) < 4.78 is 5.52. The first-order valence-corrected chi connectivity index (χ1v) is 6.64. The summed E-state index contributed by atoms with van der Waals surface area (Å²) in [5.74, 6) is -1.27. The molecule has 0 spiro atoms. The molecular formula is C13H20N2O4. The molecule has 0 radical (unpaired) electrons. The smallest absolute Gasteiger partial charge is 0.317 e. The molecule has 6 heteroatoms. The van der Waals surface area contributed by atoms with Gasteiger partial charge in [0.15, 0.2) is 0 Å². The number of rotatable bonds is 3. The van der Waals surface area contributed by atoms with Gasteiger partial charge in [-0.2, -0.15) is 0 Å². The summed E-state index contributed by atoms with van der Waals surface area (Å²) in [7, 11) is 0. The monoisotopic (exact) mass is 268 g/mol. The summed E-state index contributed by atoms with van der Waals surface area (Å²) >= 11 is 0. The quantitative estimate of drug-likeness (QED) is 0.743. The Balaban J connectivity index is 1.87. The Labute approximate surface area is 112 Å². The fraction of sp³-hybridized carbons (Fsp3) is 0.692. The molecule has 2 saturated heterocycles. The van der Waals surface area contributed by atoms with Crippen LogP contribution in [-0.2, 0) is 9.53 Å². The van der Waals surface area contributed by atoms with Crippen molar-refractivity contribution in [2.75, 3.05) is 19.7 Å². The van der Waals surface area contributed by atoms with Crippen molar-refractivity contribution in [2.45, 2.75) is 31.4 Å². The summed E-state index contributed by atoms with van der Waals surface area (Å²) in [6.07, 6.45) is 3.84. The SMILES string of the molecule is C=C[C@@H]1OCCC[C@H]1NC(=O)N1CCC(C(=O)O)C1. The van der Waals surface area contributed by atoms with E-state index in [1.165, 1.54) is 0 Å². The number of aliphatic carboxylic acids is 1. The van der Waals surface area contributed by atoms with Gasteiger partial charge in [0.05, 0.1) is 18.1 Å². The fourth-order valence-electron chi connectivity index (χ4n) is 2.59. The molecule has 2 amide bonds. The molecule has 2 N–H and O–H groups in total. The second kappa shape index (κ2) is 6.06. The molecule has 2 rings (SSSR count). The molecule has 2 aliphatic rings. The molecular weight excluding hydrogens is 248 g/mol. The zero-order valence-electron chi connectivity index (χ0n) is 10.9. The van der Waals surface area contributed by atoms with Gasteiger partial charge in [0.1, 0.15) is 0 Å². The summed E-state index contributed by atoms with van der Waals surface area (Å²) in [5.41, 5.74) is 0. The van der Waals surface area contributed by atoms with Crippen molar-refractivity contribution in [3.8, 4) is 0 Å². The van der Waals surface area contributed by atoms with Crippen LogP contribution >= 0.6 is 0 Å². The van der Waals surface area contributed by atoms with Gasteiger partial charge < -0.3 is 20.1 Å². The van der Waals surface area contributed by atoms with Crippen LogP contribution in [0, 0.1) is 5.92 Å². The Kier molecular flexibility index (Phi) is 4.42. The molecule has 6 nitrogen and oxygen atoms in total. The van der Waals surface area contributed by atoms with Crippen molar-refractivity contribution in [3.63, 3.8) is 0 Å². The van der Waals surface area contributed by atoms with Gasteiger partial charge in [0.2, 0.25) is 0 Å². The number of nitrogens with one attached hydrogen (secondary N) is 1.